The summed E-state index contributed by atoms with van der Waals surface area (Å²) in [7, 11) is 0. The van der Waals surface area contributed by atoms with Gasteiger partial charge < -0.3 is 19.9 Å². The number of non-ortho nitro benzene ring substituents is 1. The van der Waals surface area contributed by atoms with Crippen molar-refractivity contribution in [3.63, 3.8) is 0 Å². The number of carbonyl (C=O) groups is 2. The van der Waals surface area contributed by atoms with Gasteiger partial charge in [0.05, 0.1) is 10.8 Å². The summed E-state index contributed by atoms with van der Waals surface area (Å²) in [5.41, 5.74) is 0.519. The predicted octanol–water partition coefficient (Wildman–Crippen LogP) is 1.13. The van der Waals surface area contributed by atoms with Gasteiger partial charge in [-0.05, 0) is 31.0 Å². The largest absolute Gasteiger partial charge is 0.508 e. The summed E-state index contributed by atoms with van der Waals surface area (Å²) in [4.78, 5) is 33.2. The van der Waals surface area contributed by atoms with Crippen molar-refractivity contribution in [2.75, 3.05) is 6.61 Å². The molecule has 9 heteroatoms. The van der Waals surface area contributed by atoms with Crippen LogP contribution in [0.3, 0.4) is 0 Å². The first-order chi connectivity index (χ1) is 11.4. The molecule has 2 N–H and O–H groups in total. The summed E-state index contributed by atoms with van der Waals surface area (Å²) in [6.45, 7) is 1.42. The Kier molecular flexibility index (Phi) is 5.69. The van der Waals surface area contributed by atoms with E-state index in [1.807, 2.05) is 0 Å². The van der Waals surface area contributed by atoms with Gasteiger partial charge in [-0.3, -0.25) is 14.9 Å². The van der Waals surface area contributed by atoms with Crippen LogP contribution in [0.25, 0.3) is 0 Å². The van der Waals surface area contributed by atoms with E-state index in [9.17, 15) is 19.7 Å². The number of ether oxygens (including phenoxy) is 2. The monoisotopic (exact) mass is 338 g/mol. The third-order valence-corrected chi connectivity index (χ3v) is 3.80. The first-order valence-corrected chi connectivity index (χ1v) is 7.40. The normalized spacial score (nSPS) is 20.5. The molecular formula is C15H18N2O7. The molecule has 1 aliphatic heterocycles. The Morgan fingerprint density at radius 2 is 2.08 bits per heavy atom. The highest BCUT2D eigenvalue weighted by Gasteiger charge is 2.44. The Bertz CT molecular complexity index is 617. The Hall–Kier alpha value is -2.68. The number of β-lactam (4-membered cyclic amide) rings is 1. The molecule has 1 aliphatic rings. The van der Waals surface area contributed by atoms with Crippen molar-refractivity contribution < 1.29 is 29.1 Å². The zero-order valence-corrected chi connectivity index (χ0v) is 13.0. The predicted molar refractivity (Wildman–Crippen MR) is 81.0 cm³/mol. The summed E-state index contributed by atoms with van der Waals surface area (Å²) < 4.78 is 10.0. The number of hydrogen-bond donors (Lipinski definition) is 2. The van der Waals surface area contributed by atoms with Crippen molar-refractivity contribution in [3.8, 4) is 0 Å². The van der Waals surface area contributed by atoms with E-state index in [1.165, 1.54) is 24.3 Å². The fourth-order valence-electron chi connectivity index (χ4n) is 2.50. The van der Waals surface area contributed by atoms with E-state index in [-0.39, 0.29) is 30.9 Å². The molecule has 1 heterocycles. The van der Waals surface area contributed by atoms with E-state index in [1.54, 1.807) is 6.92 Å². The Balaban J connectivity index is 1.80. The lowest BCUT2D eigenvalue weighted by atomic mass is 9.84. The molecule has 0 aromatic heterocycles. The number of aliphatic hydroxyl groups excluding tert-OH is 1. The molecule has 0 aliphatic carbocycles. The van der Waals surface area contributed by atoms with Crippen LogP contribution in [-0.4, -0.2) is 40.8 Å². The molecule has 0 spiro atoms. The van der Waals surface area contributed by atoms with Crippen LogP contribution in [0.2, 0.25) is 0 Å². The highest BCUT2D eigenvalue weighted by Crippen LogP contribution is 2.24. The van der Waals surface area contributed by atoms with E-state index in [0.29, 0.717) is 12.0 Å². The van der Waals surface area contributed by atoms with Gasteiger partial charge in [0.1, 0.15) is 12.7 Å². The van der Waals surface area contributed by atoms with Crippen molar-refractivity contribution in [2.45, 2.75) is 32.1 Å². The van der Waals surface area contributed by atoms with E-state index >= 15 is 0 Å². The van der Waals surface area contributed by atoms with E-state index in [4.69, 9.17) is 14.6 Å². The second-order valence-corrected chi connectivity index (χ2v) is 5.44. The number of nitrogens with one attached hydrogen (secondary N) is 1. The van der Waals surface area contributed by atoms with Crippen LogP contribution in [0.5, 0.6) is 0 Å². The molecule has 1 aromatic carbocycles. The zero-order chi connectivity index (χ0) is 17.7. The van der Waals surface area contributed by atoms with Crippen LogP contribution in [0, 0.1) is 16.0 Å². The lowest BCUT2D eigenvalue weighted by molar-refractivity contribution is -0.384. The number of rotatable bonds is 7. The standard InChI is InChI=1S/C15H18N2O7/c1-9(13-12(6-7-18)16-14(13)19)24-15(20)23-8-10-2-4-11(5-3-10)17(21)22/h2-5,9,12-13,18H,6-8H2,1H3,(H,16,19)/t9-,12-,13+/m1/s1. The number of nitro benzene ring substituents is 1. The third kappa shape index (κ3) is 4.19. The number of carbonyl (C=O) groups excluding carboxylic acids is 2. The van der Waals surface area contributed by atoms with Crippen molar-refractivity contribution >= 4 is 17.7 Å². The molecule has 130 valence electrons. The molecule has 0 radical (unpaired) electrons. The van der Waals surface area contributed by atoms with E-state index < -0.39 is 23.1 Å². The first kappa shape index (κ1) is 17.7. The Labute approximate surface area is 137 Å². The number of nitrogens with zero attached hydrogens (tertiary/aromatic N) is 1. The second-order valence-electron chi connectivity index (χ2n) is 5.44. The third-order valence-electron chi connectivity index (χ3n) is 3.80. The Morgan fingerprint density at radius 3 is 2.62 bits per heavy atom. The molecular weight excluding hydrogens is 320 g/mol. The van der Waals surface area contributed by atoms with Gasteiger partial charge in [0.2, 0.25) is 5.91 Å². The molecule has 0 bridgehead atoms. The smallest absolute Gasteiger partial charge is 0.430 e. The molecule has 24 heavy (non-hydrogen) atoms. The molecule has 0 saturated carbocycles. The Morgan fingerprint density at radius 1 is 1.42 bits per heavy atom. The summed E-state index contributed by atoms with van der Waals surface area (Å²) in [5, 5.41) is 22.1. The molecule has 2 rings (SSSR count). The summed E-state index contributed by atoms with van der Waals surface area (Å²) in [5.74, 6) is -0.742. The average Bonchev–Trinajstić information content (AvgIpc) is 2.52. The van der Waals surface area contributed by atoms with Crippen molar-refractivity contribution in [1.29, 1.82) is 0 Å². The highest BCUT2D eigenvalue weighted by molar-refractivity contribution is 5.86. The average molecular weight is 338 g/mol. The maximum Gasteiger partial charge on any atom is 0.508 e. The van der Waals surface area contributed by atoms with Crippen molar-refractivity contribution in [1.82, 2.24) is 5.32 Å². The number of benzene rings is 1. The van der Waals surface area contributed by atoms with Crippen LogP contribution in [-0.2, 0) is 20.9 Å². The first-order valence-electron chi connectivity index (χ1n) is 7.40. The number of hydrogen-bond acceptors (Lipinski definition) is 7. The lowest BCUT2D eigenvalue weighted by Gasteiger charge is -2.39. The molecule has 1 aromatic rings. The second kappa shape index (κ2) is 7.73. The molecule has 1 fully saturated rings. The molecule has 0 unspecified atom stereocenters. The van der Waals surface area contributed by atoms with Gasteiger partial charge in [-0.1, -0.05) is 0 Å². The van der Waals surface area contributed by atoms with Crippen LogP contribution in [0.4, 0.5) is 10.5 Å². The van der Waals surface area contributed by atoms with Gasteiger partial charge in [-0.15, -0.1) is 0 Å². The van der Waals surface area contributed by atoms with Crippen LogP contribution < -0.4 is 5.32 Å². The molecule has 1 saturated heterocycles. The maximum atomic E-state index is 11.7. The summed E-state index contributed by atoms with van der Waals surface area (Å²) >= 11 is 0. The fraction of sp³-hybridized carbons (Fsp3) is 0.467. The van der Waals surface area contributed by atoms with Gasteiger partial charge in [0.25, 0.3) is 5.69 Å². The van der Waals surface area contributed by atoms with Gasteiger partial charge in [-0.2, -0.15) is 0 Å². The van der Waals surface area contributed by atoms with Crippen LogP contribution in [0.1, 0.15) is 18.9 Å². The lowest BCUT2D eigenvalue weighted by Crippen LogP contribution is -2.62. The molecule has 1 amide bonds. The van der Waals surface area contributed by atoms with E-state index in [2.05, 4.69) is 5.32 Å². The minimum atomic E-state index is -0.927. The van der Waals surface area contributed by atoms with E-state index in [0.717, 1.165) is 0 Å². The molecule has 3 atom stereocenters. The van der Waals surface area contributed by atoms with Crippen LogP contribution in [0.15, 0.2) is 24.3 Å². The van der Waals surface area contributed by atoms with Crippen molar-refractivity contribution in [3.05, 3.63) is 39.9 Å². The maximum absolute atomic E-state index is 11.7. The minimum absolute atomic E-state index is 0.0548. The minimum Gasteiger partial charge on any atom is -0.430 e. The topological polar surface area (TPSA) is 128 Å². The van der Waals surface area contributed by atoms with Gasteiger partial charge in [0.15, 0.2) is 0 Å². The number of amides is 1. The zero-order valence-electron chi connectivity index (χ0n) is 13.0. The number of nitro groups is 1. The van der Waals surface area contributed by atoms with Gasteiger partial charge in [0, 0.05) is 24.8 Å². The van der Waals surface area contributed by atoms with Gasteiger partial charge in [-0.25, -0.2) is 4.79 Å². The SMILES string of the molecule is C[C@@H](OC(=O)OCc1ccc([N+](=O)[O-])cc1)[C@@H]1C(=O)N[C@@H]1CCO. The van der Waals surface area contributed by atoms with Gasteiger partial charge >= 0.3 is 6.16 Å². The quantitative estimate of drug-likeness (QED) is 0.330. The highest BCUT2D eigenvalue weighted by atomic mass is 16.7. The summed E-state index contributed by atoms with van der Waals surface area (Å²) in [6.07, 6.45) is -1.22. The fourth-order valence-corrected chi connectivity index (χ4v) is 2.50. The van der Waals surface area contributed by atoms with Crippen molar-refractivity contribution in [2.24, 2.45) is 5.92 Å². The number of aliphatic hydroxyl groups is 1. The summed E-state index contributed by atoms with van der Waals surface area (Å²) in [6, 6.07) is 5.35. The van der Waals surface area contributed by atoms with Crippen LogP contribution >= 0.6 is 0 Å². The molecule has 9 nitrogen and oxygen atoms in total.